The van der Waals surface area contributed by atoms with Crippen LogP contribution in [0.2, 0.25) is 0 Å². The lowest BCUT2D eigenvalue weighted by Gasteiger charge is -2.09. The third kappa shape index (κ3) is 2.42. The van der Waals surface area contributed by atoms with Gasteiger partial charge in [-0.1, -0.05) is 13.2 Å². The zero-order chi connectivity index (χ0) is 14.8. The highest BCUT2D eigenvalue weighted by molar-refractivity contribution is 7.98. The minimum Gasteiger partial charge on any atom is -0.496 e. The van der Waals surface area contributed by atoms with Crippen molar-refractivity contribution in [1.82, 2.24) is 14.4 Å². The van der Waals surface area contributed by atoms with Crippen LogP contribution in [-0.2, 0) is 0 Å². The summed E-state index contributed by atoms with van der Waals surface area (Å²) in [5.74, 6) is 1.44. The van der Waals surface area contributed by atoms with E-state index in [4.69, 9.17) is 4.74 Å². The van der Waals surface area contributed by atoms with Crippen molar-refractivity contribution in [2.24, 2.45) is 0 Å². The van der Waals surface area contributed by atoms with Gasteiger partial charge >= 0.3 is 0 Å². The molecule has 0 saturated carbocycles. The highest BCUT2D eigenvalue weighted by Gasteiger charge is 2.11. The number of methoxy groups -OCH3 is 1. The van der Waals surface area contributed by atoms with Gasteiger partial charge in [-0.25, -0.2) is 4.98 Å². The molecule has 5 nitrogen and oxygen atoms in total. The summed E-state index contributed by atoms with van der Waals surface area (Å²) in [7, 11) is 3.39. The normalized spacial score (nSPS) is 10.8. The third-order valence-corrected chi connectivity index (χ3v) is 3.98. The van der Waals surface area contributed by atoms with Gasteiger partial charge < -0.3 is 19.4 Å². The summed E-state index contributed by atoms with van der Waals surface area (Å²) in [5.41, 5.74) is 2.55. The molecule has 2 aromatic heterocycles. The number of imidazole rings is 1. The summed E-state index contributed by atoms with van der Waals surface area (Å²) >= 11 is 1.68. The highest BCUT2D eigenvalue weighted by atomic mass is 32.2. The number of benzene rings is 1. The molecule has 0 N–H and O–H groups in total. The second kappa shape index (κ2) is 5.65. The van der Waals surface area contributed by atoms with Crippen LogP contribution in [0.5, 0.6) is 5.75 Å². The summed E-state index contributed by atoms with van der Waals surface area (Å²) in [6.45, 7) is 0. The molecule has 0 fully saturated rings. The highest BCUT2D eigenvalue weighted by Crippen LogP contribution is 2.33. The number of aromatic nitrogens is 3. The van der Waals surface area contributed by atoms with Crippen molar-refractivity contribution in [2.75, 3.05) is 20.4 Å². The lowest BCUT2D eigenvalue weighted by Crippen LogP contribution is -1.88. The minimum atomic E-state index is 0.628. The molecule has 0 aliphatic heterocycles. The molecule has 6 heteroatoms. The molecule has 0 aliphatic rings. The van der Waals surface area contributed by atoms with Gasteiger partial charge in [-0.05, 0) is 30.3 Å². The summed E-state index contributed by atoms with van der Waals surface area (Å²) < 4.78 is 7.42. The second-order valence-electron chi connectivity index (χ2n) is 4.40. The first-order valence-electron chi connectivity index (χ1n) is 6.42. The van der Waals surface area contributed by atoms with Gasteiger partial charge in [-0.3, -0.25) is 0 Å². The van der Waals surface area contributed by atoms with Crippen LogP contribution >= 0.6 is 11.8 Å². The van der Waals surface area contributed by atoms with Crippen molar-refractivity contribution in [2.45, 2.75) is 4.90 Å². The molecule has 0 amide bonds. The van der Waals surface area contributed by atoms with Gasteiger partial charge in [0.1, 0.15) is 11.4 Å². The average Bonchev–Trinajstić information content (AvgIpc) is 2.97. The Morgan fingerprint density at radius 1 is 1.33 bits per heavy atom. The number of nitrogens with zero attached hydrogens (tertiary/aromatic N) is 4. The lowest BCUT2D eigenvalue weighted by molar-refractivity contribution is 0.415. The first kappa shape index (κ1) is 13.8. The van der Waals surface area contributed by atoms with Crippen LogP contribution in [-0.4, -0.2) is 34.8 Å². The van der Waals surface area contributed by atoms with Gasteiger partial charge in [0.25, 0.3) is 0 Å². The van der Waals surface area contributed by atoms with Gasteiger partial charge in [0, 0.05) is 22.9 Å². The predicted octanol–water partition coefficient (Wildman–Crippen LogP) is 3.76. The molecule has 3 rings (SSSR count). The van der Waals surface area contributed by atoms with Crippen LogP contribution in [0.3, 0.4) is 0 Å². The second-order valence-corrected chi connectivity index (χ2v) is 5.28. The number of rotatable bonds is 4. The SMILES string of the molecule is C[N-]c1nccn2cc(-c3ccc(SC)cc3OC)nc12. The Morgan fingerprint density at radius 2 is 2.19 bits per heavy atom. The molecule has 0 unspecified atom stereocenters. The quantitative estimate of drug-likeness (QED) is 0.688. The van der Waals surface area contributed by atoms with Gasteiger partial charge in [-0.2, -0.15) is 0 Å². The number of ether oxygens (including phenoxy) is 1. The molecule has 0 saturated heterocycles. The van der Waals surface area contributed by atoms with E-state index in [1.807, 2.05) is 35.2 Å². The van der Waals surface area contributed by atoms with Crippen LogP contribution in [0.15, 0.2) is 41.7 Å². The number of thioether (sulfide) groups is 1. The molecule has 0 aliphatic carbocycles. The molecule has 0 spiro atoms. The van der Waals surface area contributed by atoms with E-state index in [-0.39, 0.29) is 0 Å². The minimum absolute atomic E-state index is 0.628. The van der Waals surface area contributed by atoms with Crippen molar-refractivity contribution in [3.63, 3.8) is 0 Å². The standard InChI is InChI=1S/C15H15N4OS/c1-16-14-15-18-12(9-19(15)7-6-17-14)11-5-4-10(21-3)8-13(11)20-2/h4-9H,1-3H3/q-1. The number of hydrogen-bond acceptors (Lipinski definition) is 4. The van der Waals surface area contributed by atoms with Crippen molar-refractivity contribution < 1.29 is 4.74 Å². The van der Waals surface area contributed by atoms with E-state index in [9.17, 15) is 0 Å². The Hall–Kier alpha value is -2.21. The van der Waals surface area contributed by atoms with Crippen molar-refractivity contribution in [3.05, 3.63) is 42.1 Å². The molecular formula is C15H15N4OS-. The fraction of sp³-hybridized carbons (Fsp3) is 0.200. The van der Waals surface area contributed by atoms with Gasteiger partial charge in [-0.15, -0.1) is 11.8 Å². The Balaban J connectivity index is 2.16. The zero-order valence-corrected chi connectivity index (χ0v) is 12.9. The fourth-order valence-electron chi connectivity index (χ4n) is 2.20. The maximum Gasteiger partial charge on any atom is 0.136 e. The topological polar surface area (TPSA) is 53.5 Å². The summed E-state index contributed by atoms with van der Waals surface area (Å²) in [4.78, 5) is 10.0. The van der Waals surface area contributed by atoms with E-state index in [2.05, 4.69) is 21.4 Å². The lowest BCUT2D eigenvalue weighted by atomic mass is 10.1. The van der Waals surface area contributed by atoms with E-state index in [1.54, 1.807) is 32.1 Å². The third-order valence-electron chi connectivity index (χ3n) is 3.25. The molecule has 0 radical (unpaired) electrons. The van der Waals surface area contributed by atoms with E-state index in [1.165, 1.54) is 0 Å². The average molecular weight is 299 g/mol. The van der Waals surface area contributed by atoms with E-state index in [0.717, 1.165) is 27.5 Å². The summed E-state index contributed by atoms with van der Waals surface area (Å²) in [6.07, 6.45) is 7.58. The fourth-order valence-corrected chi connectivity index (χ4v) is 2.63. The van der Waals surface area contributed by atoms with Gasteiger partial charge in [0.2, 0.25) is 0 Å². The van der Waals surface area contributed by atoms with Crippen LogP contribution in [0.1, 0.15) is 0 Å². The van der Waals surface area contributed by atoms with Crippen molar-refractivity contribution in [1.29, 1.82) is 0 Å². The maximum absolute atomic E-state index is 5.49. The molecule has 0 bridgehead atoms. The number of hydrogen-bond donors (Lipinski definition) is 0. The maximum atomic E-state index is 5.49. The van der Waals surface area contributed by atoms with E-state index < -0.39 is 0 Å². The molecule has 2 heterocycles. The molecule has 3 aromatic rings. The molecule has 21 heavy (non-hydrogen) atoms. The van der Waals surface area contributed by atoms with Crippen LogP contribution in [0, 0.1) is 0 Å². The Morgan fingerprint density at radius 3 is 2.90 bits per heavy atom. The molecule has 1 aromatic carbocycles. The van der Waals surface area contributed by atoms with Gasteiger partial charge in [0.15, 0.2) is 0 Å². The molecular weight excluding hydrogens is 284 g/mol. The molecule has 0 atom stereocenters. The zero-order valence-electron chi connectivity index (χ0n) is 12.1. The van der Waals surface area contributed by atoms with E-state index >= 15 is 0 Å². The largest absolute Gasteiger partial charge is 0.496 e. The van der Waals surface area contributed by atoms with Crippen molar-refractivity contribution in [3.8, 4) is 17.0 Å². The summed E-state index contributed by atoms with van der Waals surface area (Å²) in [6, 6.07) is 6.12. The first-order valence-corrected chi connectivity index (χ1v) is 7.65. The van der Waals surface area contributed by atoms with Crippen LogP contribution in [0.4, 0.5) is 5.82 Å². The Bertz CT molecular complexity index is 784. The smallest absolute Gasteiger partial charge is 0.136 e. The van der Waals surface area contributed by atoms with Crippen molar-refractivity contribution >= 4 is 23.2 Å². The number of fused-ring (bicyclic) bond motifs is 1. The monoisotopic (exact) mass is 299 g/mol. The van der Waals surface area contributed by atoms with Crippen LogP contribution in [0.25, 0.3) is 22.2 Å². The molecule has 108 valence electrons. The van der Waals surface area contributed by atoms with Crippen LogP contribution < -0.4 is 4.74 Å². The first-order chi connectivity index (χ1) is 10.3. The Kier molecular flexibility index (Phi) is 3.70. The Labute approximate surface area is 127 Å². The summed E-state index contributed by atoms with van der Waals surface area (Å²) in [5, 5.41) is 4.15. The van der Waals surface area contributed by atoms with E-state index in [0.29, 0.717) is 5.82 Å². The predicted molar refractivity (Wildman–Crippen MR) is 85.7 cm³/mol. The van der Waals surface area contributed by atoms with Gasteiger partial charge in [0.05, 0.1) is 12.8 Å².